The van der Waals surface area contributed by atoms with E-state index in [0.717, 1.165) is 28.8 Å². The van der Waals surface area contributed by atoms with E-state index in [0.29, 0.717) is 0 Å². The standard InChI is InChI=1S/C21H19NO/c1-14-8-10-19-17(12-14)21-18(13-15(2)23-21)20(22-19)11-9-16-6-4-3-5-7-16/h3-12,15H,13H2,1-2H3/b11-9+. The summed E-state index contributed by atoms with van der Waals surface area (Å²) in [5.41, 5.74) is 5.65. The summed E-state index contributed by atoms with van der Waals surface area (Å²) >= 11 is 0. The molecule has 0 radical (unpaired) electrons. The van der Waals surface area contributed by atoms with Crippen LogP contribution < -0.4 is 4.74 Å². The smallest absolute Gasteiger partial charge is 0.134 e. The van der Waals surface area contributed by atoms with Gasteiger partial charge in [-0.25, -0.2) is 4.98 Å². The fourth-order valence-corrected chi connectivity index (χ4v) is 3.14. The third-order valence-corrected chi connectivity index (χ3v) is 4.26. The van der Waals surface area contributed by atoms with Gasteiger partial charge in [-0.1, -0.05) is 48.0 Å². The average Bonchev–Trinajstić information content (AvgIpc) is 2.96. The van der Waals surface area contributed by atoms with Crippen molar-refractivity contribution in [1.82, 2.24) is 4.98 Å². The van der Waals surface area contributed by atoms with Gasteiger partial charge < -0.3 is 4.74 Å². The van der Waals surface area contributed by atoms with Gasteiger partial charge in [-0.3, -0.25) is 0 Å². The number of pyridine rings is 1. The van der Waals surface area contributed by atoms with Gasteiger partial charge in [0, 0.05) is 17.4 Å². The third-order valence-electron chi connectivity index (χ3n) is 4.26. The van der Waals surface area contributed by atoms with Crippen molar-refractivity contribution in [1.29, 1.82) is 0 Å². The minimum absolute atomic E-state index is 0.210. The number of ether oxygens (including phenoxy) is 1. The van der Waals surface area contributed by atoms with Crippen molar-refractivity contribution in [2.45, 2.75) is 26.4 Å². The van der Waals surface area contributed by atoms with Crippen LogP contribution in [0.2, 0.25) is 0 Å². The van der Waals surface area contributed by atoms with E-state index >= 15 is 0 Å². The largest absolute Gasteiger partial charge is 0.489 e. The molecule has 0 spiro atoms. The van der Waals surface area contributed by atoms with Crippen molar-refractivity contribution >= 4 is 23.1 Å². The molecule has 0 amide bonds. The van der Waals surface area contributed by atoms with E-state index in [9.17, 15) is 0 Å². The lowest BCUT2D eigenvalue weighted by molar-refractivity contribution is 0.257. The van der Waals surface area contributed by atoms with Crippen LogP contribution in [0.5, 0.6) is 5.75 Å². The fraction of sp³-hybridized carbons (Fsp3) is 0.190. The minimum Gasteiger partial charge on any atom is -0.489 e. The summed E-state index contributed by atoms with van der Waals surface area (Å²) in [6.07, 6.45) is 5.35. The van der Waals surface area contributed by atoms with Crippen molar-refractivity contribution in [3.05, 3.63) is 70.9 Å². The predicted molar refractivity (Wildman–Crippen MR) is 95.6 cm³/mol. The van der Waals surface area contributed by atoms with Gasteiger partial charge in [-0.15, -0.1) is 0 Å². The highest BCUT2D eigenvalue weighted by atomic mass is 16.5. The van der Waals surface area contributed by atoms with E-state index in [2.05, 4.69) is 56.3 Å². The molecule has 1 unspecified atom stereocenters. The van der Waals surface area contributed by atoms with Gasteiger partial charge in [-0.2, -0.15) is 0 Å². The van der Waals surface area contributed by atoms with Crippen LogP contribution in [0, 0.1) is 6.92 Å². The van der Waals surface area contributed by atoms with Crippen molar-refractivity contribution in [3.63, 3.8) is 0 Å². The summed E-state index contributed by atoms with van der Waals surface area (Å²) in [4.78, 5) is 4.87. The molecule has 0 fully saturated rings. The zero-order chi connectivity index (χ0) is 15.8. The van der Waals surface area contributed by atoms with E-state index in [4.69, 9.17) is 9.72 Å². The lowest BCUT2D eigenvalue weighted by atomic mass is 10.0. The fourth-order valence-electron chi connectivity index (χ4n) is 3.14. The maximum Gasteiger partial charge on any atom is 0.134 e. The first-order valence-corrected chi connectivity index (χ1v) is 8.04. The number of aromatic nitrogens is 1. The Bertz CT molecular complexity index is 897. The Morgan fingerprint density at radius 3 is 2.74 bits per heavy atom. The number of benzene rings is 2. The molecule has 0 N–H and O–H groups in total. The van der Waals surface area contributed by atoms with E-state index < -0.39 is 0 Å². The Hall–Kier alpha value is -2.61. The molecule has 114 valence electrons. The molecule has 2 nitrogen and oxygen atoms in total. The third kappa shape index (κ3) is 2.61. The Labute approximate surface area is 136 Å². The SMILES string of the molecule is Cc1ccc2nc(/C=C/c3ccccc3)c3c(c2c1)OC(C)C3. The van der Waals surface area contributed by atoms with Crippen LogP contribution in [-0.4, -0.2) is 11.1 Å². The number of nitrogens with zero attached hydrogens (tertiary/aromatic N) is 1. The van der Waals surface area contributed by atoms with Gasteiger partial charge in [0.15, 0.2) is 0 Å². The Kier molecular flexibility index (Phi) is 3.38. The summed E-state index contributed by atoms with van der Waals surface area (Å²) in [6, 6.07) is 16.7. The van der Waals surface area contributed by atoms with Gasteiger partial charge in [0.1, 0.15) is 11.9 Å². The highest BCUT2D eigenvalue weighted by molar-refractivity contribution is 5.90. The molecule has 1 aromatic heterocycles. The van der Waals surface area contributed by atoms with Crippen LogP contribution in [0.15, 0.2) is 48.5 Å². The summed E-state index contributed by atoms with van der Waals surface area (Å²) in [5, 5.41) is 1.13. The number of hydrogen-bond acceptors (Lipinski definition) is 2. The highest BCUT2D eigenvalue weighted by Gasteiger charge is 2.25. The topological polar surface area (TPSA) is 22.1 Å². The van der Waals surface area contributed by atoms with E-state index in [1.54, 1.807) is 0 Å². The summed E-state index contributed by atoms with van der Waals surface area (Å²) in [6.45, 7) is 4.22. The predicted octanol–water partition coefficient (Wildman–Crippen LogP) is 5.04. The highest BCUT2D eigenvalue weighted by Crippen LogP contribution is 2.38. The molecule has 1 aliphatic heterocycles. The average molecular weight is 301 g/mol. The van der Waals surface area contributed by atoms with Gasteiger partial charge in [0.2, 0.25) is 0 Å². The number of hydrogen-bond donors (Lipinski definition) is 0. The molecule has 2 heteroatoms. The molecule has 2 heterocycles. The zero-order valence-corrected chi connectivity index (χ0v) is 13.4. The number of fused-ring (bicyclic) bond motifs is 3. The van der Waals surface area contributed by atoms with Crippen molar-refractivity contribution in [2.75, 3.05) is 0 Å². The van der Waals surface area contributed by atoms with Gasteiger partial charge >= 0.3 is 0 Å². The first-order chi connectivity index (χ1) is 11.2. The Morgan fingerprint density at radius 2 is 1.91 bits per heavy atom. The molecule has 2 aromatic carbocycles. The molecular formula is C21H19NO. The maximum absolute atomic E-state index is 6.09. The summed E-state index contributed by atoms with van der Waals surface area (Å²) < 4.78 is 6.09. The minimum atomic E-state index is 0.210. The van der Waals surface area contributed by atoms with Gasteiger partial charge in [0.25, 0.3) is 0 Å². The molecule has 0 saturated carbocycles. The number of aryl methyl sites for hydroxylation is 1. The Morgan fingerprint density at radius 1 is 1.09 bits per heavy atom. The molecule has 1 atom stereocenters. The zero-order valence-electron chi connectivity index (χ0n) is 13.4. The van der Waals surface area contributed by atoms with Crippen LogP contribution in [0.4, 0.5) is 0 Å². The van der Waals surface area contributed by atoms with E-state index in [1.807, 2.05) is 18.2 Å². The monoisotopic (exact) mass is 301 g/mol. The van der Waals surface area contributed by atoms with E-state index in [-0.39, 0.29) is 6.10 Å². The van der Waals surface area contributed by atoms with Crippen LogP contribution in [0.1, 0.15) is 29.3 Å². The van der Waals surface area contributed by atoms with Crippen molar-refractivity contribution < 1.29 is 4.74 Å². The van der Waals surface area contributed by atoms with Crippen molar-refractivity contribution in [3.8, 4) is 5.75 Å². The number of rotatable bonds is 2. The van der Waals surface area contributed by atoms with Gasteiger partial charge in [0.05, 0.1) is 11.2 Å². The van der Waals surface area contributed by atoms with Crippen molar-refractivity contribution in [2.24, 2.45) is 0 Å². The second-order valence-corrected chi connectivity index (χ2v) is 6.20. The second-order valence-electron chi connectivity index (χ2n) is 6.20. The maximum atomic E-state index is 6.09. The molecule has 0 aliphatic carbocycles. The molecular weight excluding hydrogens is 282 g/mol. The molecule has 3 aromatic rings. The lowest BCUT2D eigenvalue weighted by Gasteiger charge is -2.09. The summed E-state index contributed by atoms with van der Waals surface area (Å²) in [5.74, 6) is 1.01. The molecule has 1 aliphatic rings. The summed E-state index contributed by atoms with van der Waals surface area (Å²) in [7, 11) is 0. The first-order valence-electron chi connectivity index (χ1n) is 8.04. The normalized spacial score (nSPS) is 16.7. The van der Waals surface area contributed by atoms with Crippen LogP contribution in [-0.2, 0) is 6.42 Å². The molecule has 23 heavy (non-hydrogen) atoms. The molecule has 4 rings (SSSR count). The second kappa shape index (κ2) is 5.54. The van der Waals surface area contributed by atoms with Crippen LogP contribution in [0.3, 0.4) is 0 Å². The van der Waals surface area contributed by atoms with E-state index in [1.165, 1.54) is 16.7 Å². The quantitative estimate of drug-likeness (QED) is 0.661. The van der Waals surface area contributed by atoms with Crippen LogP contribution in [0.25, 0.3) is 23.1 Å². The van der Waals surface area contributed by atoms with Gasteiger partial charge in [-0.05, 0) is 37.6 Å². The molecule has 0 bridgehead atoms. The first kappa shape index (κ1) is 14.0. The lowest BCUT2D eigenvalue weighted by Crippen LogP contribution is -2.05. The Balaban J connectivity index is 1.86. The van der Waals surface area contributed by atoms with Crippen LogP contribution >= 0.6 is 0 Å². The molecule has 0 saturated heterocycles.